The molecule has 1 heterocycles. The molecule has 1 N–H and O–H groups in total. The van der Waals surface area contributed by atoms with Crippen molar-refractivity contribution in [3.8, 4) is 0 Å². The summed E-state index contributed by atoms with van der Waals surface area (Å²) in [7, 11) is 0. The summed E-state index contributed by atoms with van der Waals surface area (Å²) in [5.41, 5.74) is 0.808. The van der Waals surface area contributed by atoms with E-state index in [9.17, 15) is 0 Å². The number of hydrogen-bond acceptors (Lipinski definition) is 2. The molecule has 19 heavy (non-hydrogen) atoms. The molecule has 0 radical (unpaired) electrons. The summed E-state index contributed by atoms with van der Waals surface area (Å²) in [6.07, 6.45) is 9.52. The minimum Gasteiger partial charge on any atom is -0.308 e. The Morgan fingerprint density at radius 2 is 1.79 bits per heavy atom. The van der Waals surface area contributed by atoms with E-state index >= 15 is 0 Å². The van der Waals surface area contributed by atoms with Gasteiger partial charge in [0.05, 0.1) is 0 Å². The fourth-order valence-corrected chi connectivity index (χ4v) is 3.80. The maximum Gasteiger partial charge on any atom is 0.0334 e. The summed E-state index contributed by atoms with van der Waals surface area (Å²) in [6, 6.07) is 0. The van der Waals surface area contributed by atoms with Crippen LogP contribution < -0.4 is 5.32 Å². The molecule has 0 aromatic heterocycles. The average molecular weight is 266 g/mol. The molecule has 2 aliphatic rings. The number of unbranched alkanes of at least 4 members (excludes halogenated alkanes) is 2. The predicted molar refractivity (Wildman–Crippen MR) is 83.5 cm³/mol. The Bertz CT molecular complexity index is 281. The van der Waals surface area contributed by atoms with Crippen LogP contribution in [0.5, 0.6) is 0 Å². The summed E-state index contributed by atoms with van der Waals surface area (Å²) < 4.78 is 0. The normalized spacial score (nSPS) is 31.6. The van der Waals surface area contributed by atoms with Crippen molar-refractivity contribution in [2.24, 2.45) is 5.92 Å². The van der Waals surface area contributed by atoms with Crippen LogP contribution in [0.15, 0.2) is 0 Å². The second-order valence-corrected chi connectivity index (χ2v) is 7.10. The van der Waals surface area contributed by atoms with Gasteiger partial charge in [0.2, 0.25) is 0 Å². The van der Waals surface area contributed by atoms with Gasteiger partial charge >= 0.3 is 0 Å². The summed E-state index contributed by atoms with van der Waals surface area (Å²) in [4.78, 5) is 2.85. The zero-order valence-corrected chi connectivity index (χ0v) is 13.6. The van der Waals surface area contributed by atoms with Crippen LogP contribution >= 0.6 is 0 Å². The molecule has 112 valence electrons. The lowest BCUT2D eigenvalue weighted by molar-refractivity contribution is -0.00314. The van der Waals surface area contributed by atoms with Crippen molar-refractivity contribution in [2.75, 3.05) is 19.6 Å². The molecule has 0 amide bonds. The molecule has 0 spiro atoms. The summed E-state index contributed by atoms with van der Waals surface area (Å²) in [5.74, 6) is 0.952. The average Bonchev–Trinajstić information content (AvgIpc) is 3.26. The summed E-state index contributed by atoms with van der Waals surface area (Å²) in [6.45, 7) is 13.3. The Labute approximate surface area is 120 Å². The second-order valence-electron chi connectivity index (χ2n) is 7.10. The van der Waals surface area contributed by atoms with E-state index in [1.165, 1.54) is 64.6 Å². The standard InChI is InChI=1S/C17H34N2/c1-5-8-9-12-19-14-17(6-2,7-3)18-13-16(19,4)15-10-11-15/h15,18H,5-14H2,1-4H3. The van der Waals surface area contributed by atoms with Gasteiger partial charge in [-0.25, -0.2) is 0 Å². The van der Waals surface area contributed by atoms with Crippen molar-refractivity contribution in [3.63, 3.8) is 0 Å². The molecule has 1 atom stereocenters. The van der Waals surface area contributed by atoms with E-state index in [2.05, 4.69) is 37.9 Å². The first kappa shape index (κ1) is 15.3. The number of nitrogens with one attached hydrogen (secondary N) is 1. The SMILES string of the molecule is CCCCCN1CC(CC)(CC)NCC1(C)C1CC1. The van der Waals surface area contributed by atoms with Crippen molar-refractivity contribution in [1.29, 1.82) is 0 Å². The molecule has 1 saturated heterocycles. The quantitative estimate of drug-likeness (QED) is 0.705. The highest BCUT2D eigenvalue weighted by Crippen LogP contribution is 2.45. The van der Waals surface area contributed by atoms with Gasteiger partial charge in [-0.3, -0.25) is 4.90 Å². The van der Waals surface area contributed by atoms with Gasteiger partial charge in [-0.1, -0.05) is 33.6 Å². The molecule has 2 fully saturated rings. The first-order valence-electron chi connectivity index (χ1n) is 8.60. The van der Waals surface area contributed by atoms with Gasteiger partial charge in [0.15, 0.2) is 0 Å². The van der Waals surface area contributed by atoms with E-state index < -0.39 is 0 Å². The zero-order valence-electron chi connectivity index (χ0n) is 13.6. The van der Waals surface area contributed by atoms with Crippen LogP contribution in [0, 0.1) is 5.92 Å². The van der Waals surface area contributed by atoms with E-state index in [4.69, 9.17) is 0 Å². The van der Waals surface area contributed by atoms with Gasteiger partial charge < -0.3 is 5.32 Å². The van der Waals surface area contributed by atoms with E-state index in [1.807, 2.05) is 0 Å². The largest absolute Gasteiger partial charge is 0.308 e. The van der Waals surface area contributed by atoms with Gasteiger partial charge in [0.1, 0.15) is 0 Å². The molecule has 1 unspecified atom stereocenters. The van der Waals surface area contributed by atoms with Gasteiger partial charge in [0.25, 0.3) is 0 Å². The van der Waals surface area contributed by atoms with Crippen molar-refractivity contribution >= 4 is 0 Å². The molecular weight excluding hydrogens is 232 g/mol. The second kappa shape index (κ2) is 6.13. The third-order valence-corrected chi connectivity index (χ3v) is 5.88. The molecule has 1 aliphatic carbocycles. The molecule has 2 nitrogen and oxygen atoms in total. The third-order valence-electron chi connectivity index (χ3n) is 5.88. The Kier molecular flexibility index (Phi) is 4.94. The highest BCUT2D eigenvalue weighted by molar-refractivity contribution is 5.08. The molecule has 2 heteroatoms. The molecule has 1 aliphatic heterocycles. The van der Waals surface area contributed by atoms with Crippen LogP contribution in [0.3, 0.4) is 0 Å². The highest BCUT2D eigenvalue weighted by atomic mass is 15.3. The Balaban J connectivity index is 2.04. The molecule has 0 aromatic carbocycles. The highest BCUT2D eigenvalue weighted by Gasteiger charge is 2.50. The Morgan fingerprint density at radius 1 is 1.11 bits per heavy atom. The van der Waals surface area contributed by atoms with Crippen molar-refractivity contribution in [2.45, 2.75) is 83.7 Å². The molecule has 0 aromatic rings. The maximum absolute atomic E-state index is 3.92. The minimum absolute atomic E-state index is 0.376. The van der Waals surface area contributed by atoms with Crippen molar-refractivity contribution in [1.82, 2.24) is 10.2 Å². The minimum atomic E-state index is 0.376. The number of nitrogens with zero attached hydrogens (tertiary/aromatic N) is 1. The van der Waals surface area contributed by atoms with Crippen LogP contribution in [-0.4, -0.2) is 35.6 Å². The zero-order chi connectivity index (χ0) is 13.9. The monoisotopic (exact) mass is 266 g/mol. The first-order valence-corrected chi connectivity index (χ1v) is 8.60. The summed E-state index contributed by atoms with van der Waals surface area (Å²) >= 11 is 0. The van der Waals surface area contributed by atoms with Crippen molar-refractivity contribution < 1.29 is 0 Å². The fourth-order valence-electron chi connectivity index (χ4n) is 3.80. The van der Waals surface area contributed by atoms with Crippen molar-refractivity contribution in [3.05, 3.63) is 0 Å². The van der Waals surface area contributed by atoms with Crippen LogP contribution in [0.25, 0.3) is 0 Å². The summed E-state index contributed by atoms with van der Waals surface area (Å²) in [5, 5.41) is 3.92. The molecule has 0 bridgehead atoms. The van der Waals surface area contributed by atoms with E-state index in [0.29, 0.717) is 11.1 Å². The number of rotatable bonds is 7. The predicted octanol–water partition coefficient (Wildman–Crippen LogP) is 3.81. The van der Waals surface area contributed by atoms with E-state index in [0.717, 1.165) is 5.92 Å². The third kappa shape index (κ3) is 3.16. The van der Waals surface area contributed by atoms with Crippen LogP contribution in [-0.2, 0) is 0 Å². The first-order chi connectivity index (χ1) is 9.10. The lowest BCUT2D eigenvalue weighted by atomic mass is 9.81. The van der Waals surface area contributed by atoms with Gasteiger partial charge in [-0.2, -0.15) is 0 Å². The number of hydrogen-bond donors (Lipinski definition) is 1. The topological polar surface area (TPSA) is 15.3 Å². The molecule has 2 rings (SSSR count). The van der Waals surface area contributed by atoms with Gasteiger partial charge in [-0.05, 0) is 51.5 Å². The lowest BCUT2D eigenvalue weighted by Crippen LogP contribution is -2.69. The number of piperazine rings is 1. The maximum atomic E-state index is 3.92. The lowest BCUT2D eigenvalue weighted by Gasteiger charge is -2.54. The molecular formula is C17H34N2. The molecule has 1 saturated carbocycles. The van der Waals surface area contributed by atoms with E-state index in [1.54, 1.807) is 0 Å². The smallest absolute Gasteiger partial charge is 0.0334 e. The van der Waals surface area contributed by atoms with E-state index in [-0.39, 0.29) is 0 Å². The van der Waals surface area contributed by atoms with Crippen LogP contribution in [0.4, 0.5) is 0 Å². The Morgan fingerprint density at radius 3 is 2.32 bits per heavy atom. The van der Waals surface area contributed by atoms with Gasteiger partial charge in [-0.15, -0.1) is 0 Å². The fraction of sp³-hybridized carbons (Fsp3) is 1.00. The van der Waals surface area contributed by atoms with Crippen LogP contribution in [0.1, 0.15) is 72.6 Å². The van der Waals surface area contributed by atoms with Crippen LogP contribution in [0.2, 0.25) is 0 Å². The van der Waals surface area contributed by atoms with Gasteiger partial charge in [0, 0.05) is 24.2 Å². The Hall–Kier alpha value is -0.0800.